The molecule has 0 amide bonds. The molecular formula is C6H4BBrI2O2. The summed E-state index contributed by atoms with van der Waals surface area (Å²) in [7, 11) is -1.39. The topological polar surface area (TPSA) is 40.5 Å². The van der Waals surface area contributed by atoms with Crippen LogP contribution in [0.5, 0.6) is 0 Å². The van der Waals surface area contributed by atoms with E-state index in [0.29, 0.717) is 5.46 Å². The molecule has 0 unspecified atom stereocenters. The van der Waals surface area contributed by atoms with Crippen LogP contribution in [0.3, 0.4) is 0 Å². The molecule has 1 aromatic carbocycles. The molecule has 0 saturated carbocycles. The maximum atomic E-state index is 9.01. The predicted octanol–water partition coefficient (Wildman–Crippen LogP) is 1.34. The number of rotatable bonds is 1. The van der Waals surface area contributed by atoms with Crippen LogP contribution in [0, 0.1) is 7.14 Å². The van der Waals surface area contributed by atoms with Crippen molar-refractivity contribution in [2.24, 2.45) is 0 Å². The Balaban J connectivity index is 3.28. The molecule has 1 aromatic rings. The average Bonchev–Trinajstić information content (AvgIpc) is 1.82. The van der Waals surface area contributed by atoms with Crippen LogP contribution < -0.4 is 5.46 Å². The molecule has 0 aromatic heterocycles. The third kappa shape index (κ3) is 2.57. The third-order valence-corrected chi connectivity index (χ3v) is 3.54. The Morgan fingerprint density at radius 3 is 1.92 bits per heavy atom. The van der Waals surface area contributed by atoms with Gasteiger partial charge in [-0.2, -0.15) is 0 Å². The van der Waals surface area contributed by atoms with Crippen molar-refractivity contribution in [3.8, 4) is 0 Å². The van der Waals surface area contributed by atoms with Crippen LogP contribution in [0.4, 0.5) is 0 Å². The van der Waals surface area contributed by atoms with Gasteiger partial charge in [-0.15, -0.1) is 0 Å². The van der Waals surface area contributed by atoms with E-state index in [1.807, 2.05) is 12.1 Å². The minimum absolute atomic E-state index is 0.569. The van der Waals surface area contributed by atoms with E-state index in [1.54, 1.807) is 0 Å². The molecule has 0 aliphatic heterocycles. The highest BCUT2D eigenvalue weighted by atomic mass is 127. The molecule has 0 spiro atoms. The van der Waals surface area contributed by atoms with Crippen molar-refractivity contribution in [1.82, 2.24) is 0 Å². The smallest absolute Gasteiger partial charge is 0.423 e. The zero-order valence-electron chi connectivity index (χ0n) is 5.76. The van der Waals surface area contributed by atoms with Gasteiger partial charge in [0.2, 0.25) is 0 Å². The SMILES string of the molecule is OB(O)c1c(I)cc(Br)cc1I. The summed E-state index contributed by atoms with van der Waals surface area (Å²) in [5, 5.41) is 18.0. The van der Waals surface area contributed by atoms with Crippen LogP contribution in [-0.2, 0) is 0 Å². The summed E-state index contributed by atoms with van der Waals surface area (Å²) in [5.74, 6) is 0. The zero-order valence-corrected chi connectivity index (χ0v) is 11.7. The molecule has 64 valence electrons. The molecule has 6 heteroatoms. The molecule has 0 heterocycles. The Bertz CT molecular complexity index is 283. The van der Waals surface area contributed by atoms with Crippen LogP contribution in [0.15, 0.2) is 16.6 Å². The van der Waals surface area contributed by atoms with E-state index < -0.39 is 7.12 Å². The van der Waals surface area contributed by atoms with Crippen LogP contribution in [0.1, 0.15) is 0 Å². The lowest BCUT2D eigenvalue weighted by Crippen LogP contribution is -2.34. The van der Waals surface area contributed by atoms with E-state index in [4.69, 9.17) is 10.0 Å². The summed E-state index contributed by atoms with van der Waals surface area (Å²) in [6, 6.07) is 3.69. The largest absolute Gasteiger partial charge is 0.490 e. The van der Waals surface area contributed by atoms with Crippen LogP contribution >= 0.6 is 61.1 Å². The molecule has 1 rings (SSSR count). The summed E-state index contributed by atoms with van der Waals surface area (Å²) >= 11 is 7.47. The van der Waals surface area contributed by atoms with Gasteiger partial charge in [0, 0.05) is 17.1 Å². The second kappa shape index (κ2) is 4.58. The summed E-state index contributed by atoms with van der Waals surface area (Å²) < 4.78 is 2.64. The van der Waals surface area contributed by atoms with Crippen LogP contribution in [0.2, 0.25) is 0 Å². The molecule has 2 nitrogen and oxygen atoms in total. The standard InChI is InChI=1S/C6H4BBrI2O2/c8-3-1-4(9)6(7(11)12)5(10)2-3/h1-2,11-12H. The first-order valence-corrected chi connectivity index (χ1v) is 5.98. The summed E-state index contributed by atoms with van der Waals surface area (Å²) in [6.07, 6.45) is 0. The highest BCUT2D eigenvalue weighted by Crippen LogP contribution is 2.17. The van der Waals surface area contributed by atoms with Gasteiger partial charge in [-0.25, -0.2) is 0 Å². The normalized spacial score (nSPS) is 10.1. The molecule has 0 fully saturated rings. The van der Waals surface area contributed by atoms with Gasteiger partial charge in [-0.05, 0) is 57.3 Å². The summed E-state index contributed by atoms with van der Waals surface area (Å²) in [6.45, 7) is 0. The molecule has 0 aliphatic rings. The van der Waals surface area contributed by atoms with Gasteiger partial charge in [0.05, 0.1) is 0 Å². The summed E-state index contributed by atoms with van der Waals surface area (Å²) in [4.78, 5) is 0. The van der Waals surface area contributed by atoms with Crippen molar-refractivity contribution in [3.05, 3.63) is 23.7 Å². The van der Waals surface area contributed by atoms with Crippen molar-refractivity contribution >= 4 is 73.7 Å². The molecule has 0 radical (unpaired) electrons. The first-order valence-electron chi connectivity index (χ1n) is 3.03. The fourth-order valence-corrected chi connectivity index (χ4v) is 4.44. The second-order valence-electron chi connectivity index (χ2n) is 2.16. The number of hydrogen-bond donors (Lipinski definition) is 2. The van der Waals surface area contributed by atoms with Gasteiger partial charge in [-0.3, -0.25) is 0 Å². The zero-order chi connectivity index (χ0) is 9.30. The van der Waals surface area contributed by atoms with E-state index in [0.717, 1.165) is 11.6 Å². The van der Waals surface area contributed by atoms with Gasteiger partial charge in [0.25, 0.3) is 0 Å². The van der Waals surface area contributed by atoms with Gasteiger partial charge >= 0.3 is 7.12 Å². The van der Waals surface area contributed by atoms with Crippen molar-refractivity contribution in [1.29, 1.82) is 0 Å². The molecule has 2 N–H and O–H groups in total. The van der Waals surface area contributed by atoms with E-state index in [1.165, 1.54) is 0 Å². The highest BCUT2D eigenvalue weighted by molar-refractivity contribution is 14.1. The Hall–Kier alpha value is 1.14. The van der Waals surface area contributed by atoms with Gasteiger partial charge in [0.15, 0.2) is 0 Å². The molecule has 0 bridgehead atoms. The van der Waals surface area contributed by atoms with Crippen molar-refractivity contribution in [3.63, 3.8) is 0 Å². The molecular weight excluding hydrogens is 449 g/mol. The lowest BCUT2D eigenvalue weighted by molar-refractivity contribution is 0.425. The predicted molar refractivity (Wildman–Crippen MR) is 69.4 cm³/mol. The summed E-state index contributed by atoms with van der Waals surface area (Å²) in [5.41, 5.74) is 0.569. The van der Waals surface area contributed by atoms with E-state index >= 15 is 0 Å². The first kappa shape index (κ1) is 11.2. The molecule has 0 saturated heterocycles. The molecule has 12 heavy (non-hydrogen) atoms. The average molecular weight is 453 g/mol. The molecule has 0 aliphatic carbocycles. The molecule has 0 atom stereocenters. The van der Waals surface area contributed by atoms with Crippen molar-refractivity contribution in [2.45, 2.75) is 0 Å². The number of halogens is 3. The van der Waals surface area contributed by atoms with E-state index in [9.17, 15) is 0 Å². The lowest BCUT2D eigenvalue weighted by atomic mass is 9.80. The van der Waals surface area contributed by atoms with Crippen LogP contribution in [0.25, 0.3) is 0 Å². The van der Waals surface area contributed by atoms with E-state index in [2.05, 4.69) is 61.1 Å². The van der Waals surface area contributed by atoms with Crippen LogP contribution in [-0.4, -0.2) is 17.2 Å². The Labute approximate surface area is 106 Å². The highest BCUT2D eigenvalue weighted by Gasteiger charge is 2.18. The Morgan fingerprint density at radius 1 is 1.17 bits per heavy atom. The monoisotopic (exact) mass is 452 g/mol. The van der Waals surface area contributed by atoms with Gasteiger partial charge < -0.3 is 10.0 Å². The maximum absolute atomic E-state index is 9.01. The minimum atomic E-state index is -1.39. The quantitative estimate of drug-likeness (QED) is 0.499. The van der Waals surface area contributed by atoms with Crippen molar-refractivity contribution in [2.75, 3.05) is 0 Å². The minimum Gasteiger partial charge on any atom is -0.423 e. The van der Waals surface area contributed by atoms with Crippen molar-refractivity contribution < 1.29 is 10.0 Å². The van der Waals surface area contributed by atoms with Gasteiger partial charge in [0.1, 0.15) is 0 Å². The first-order chi connectivity index (χ1) is 5.52. The maximum Gasteiger partial charge on any atom is 0.490 e. The fourth-order valence-electron chi connectivity index (χ4n) is 0.800. The van der Waals surface area contributed by atoms with Gasteiger partial charge in [-0.1, -0.05) is 15.9 Å². The lowest BCUT2D eigenvalue weighted by Gasteiger charge is -2.06. The van der Waals surface area contributed by atoms with E-state index in [-0.39, 0.29) is 0 Å². The second-order valence-corrected chi connectivity index (χ2v) is 5.40. The Morgan fingerprint density at radius 2 is 1.58 bits per heavy atom. The third-order valence-electron chi connectivity index (χ3n) is 1.30. The fraction of sp³-hybridized carbons (Fsp3) is 0. The number of hydrogen-bond acceptors (Lipinski definition) is 2. The number of benzene rings is 1. The Kier molecular flexibility index (Phi) is 4.28.